The molecule has 0 bridgehead atoms. The zero-order chi connectivity index (χ0) is 14.9. The first-order chi connectivity index (χ1) is 9.38. The molecule has 0 radical (unpaired) electrons. The second-order valence-corrected chi connectivity index (χ2v) is 5.71. The number of aryl methyl sites for hydroxylation is 3. The van der Waals surface area contributed by atoms with Crippen LogP contribution >= 0.6 is 15.9 Å². The third-order valence-corrected chi connectivity index (χ3v) is 3.69. The predicted molar refractivity (Wildman–Crippen MR) is 82.7 cm³/mol. The maximum Gasteiger partial charge on any atom is 0.256 e. The Morgan fingerprint density at radius 2 is 1.70 bits per heavy atom. The second kappa shape index (κ2) is 5.75. The van der Waals surface area contributed by atoms with Gasteiger partial charge in [-0.2, -0.15) is 0 Å². The number of hydrogen-bond acceptors (Lipinski definition) is 1. The first-order valence-corrected chi connectivity index (χ1v) is 7.02. The molecule has 0 aliphatic carbocycles. The normalized spacial score (nSPS) is 10.4. The van der Waals surface area contributed by atoms with Crippen molar-refractivity contribution in [3.05, 3.63) is 62.9 Å². The fourth-order valence-electron chi connectivity index (χ4n) is 2.31. The summed E-state index contributed by atoms with van der Waals surface area (Å²) in [5.74, 6) is -0.538. The van der Waals surface area contributed by atoms with Gasteiger partial charge in [0.1, 0.15) is 5.82 Å². The topological polar surface area (TPSA) is 29.1 Å². The van der Waals surface area contributed by atoms with Crippen LogP contribution in [-0.4, -0.2) is 5.91 Å². The van der Waals surface area contributed by atoms with Crippen LogP contribution in [0.25, 0.3) is 0 Å². The lowest BCUT2D eigenvalue weighted by atomic mass is 9.99. The van der Waals surface area contributed by atoms with Crippen LogP contribution in [0.4, 0.5) is 10.1 Å². The van der Waals surface area contributed by atoms with E-state index in [0.717, 1.165) is 16.7 Å². The highest BCUT2D eigenvalue weighted by atomic mass is 79.9. The predicted octanol–water partition coefficient (Wildman–Crippen LogP) is 4.77. The molecule has 1 N–H and O–H groups in total. The van der Waals surface area contributed by atoms with Crippen LogP contribution in [0.15, 0.2) is 34.8 Å². The van der Waals surface area contributed by atoms with Crippen LogP contribution in [0.1, 0.15) is 27.0 Å². The molecule has 0 aromatic heterocycles. The van der Waals surface area contributed by atoms with E-state index < -0.39 is 0 Å². The van der Waals surface area contributed by atoms with Gasteiger partial charge in [0.15, 0.2) is 0 Å². The van der Waals surface area contributed by atoms with Gasteiger partial charge in [0, 0.05) is 11.3 Å². The molecule has 2 nitrogen and oxygen atoms in total. The molecule has 0 unspecified atom stereocenters. The summed E-state index contributed by atoms with van der Waals surface area (Å²) in [7, 11) is 0. The number of hydrogen-bond donors (Lipinski definition) is 1. The zero-order valence-corrected chi connectivity index (χ0v) is 13.1. The molecule has 0 aliphatic rings. The van der Waals surface area contributed by atoms with Gasteiger partial charge < -0.3 is 5.32 Å². The summed E-state index contributed by atoms with van der Waals surface area (Å²) in [4.78, 5) is 12.3. The number of benzene rings is 2. The largest absolute Gasteiger partial charge is 0.322 e. The van der Waals surface area contributed by atoms with Gasteiger partial charge in [-0.3, -0.25) is 4.79 Å². The first-order valence-electron chi connectivity index (χ1n) is 6.22. The fraction of sp³-hybridized carbons (Fsp3) is 0.188. The third-order valence-electron chi connectivity index (χ3n) is 3.08. The molecule has 2 aromatic rings. The van der Waals surface area contributed by atoms with Crippen LogP contribution in [0.2, 0.25) is 0 Å². The van der Waals surface area contributed by atoms with E-state index in [1.54, 1.807) is 6.07 Å². The van der Waals surface area contributed by atoms with Gasteiger partial charge in [-0.25, -0.2) is 4.39 Å². The quantitative estimate of drug-likeness (QED) is 0.841. The van der Waals surface area contributed by atoms with Crippen LogP contribution in [0.3, 0.4) is 0 Å². The molecular weight excluding hydrogens is 321 g/mol. The Hall–Kier alpha value is -1.68. The Labute approximate surface area is 126 Å². The molecule has 2 aromatic carbocycles. The van der Waals surface area contributed by atoms with Gasteiger partial charge in [0.2, 0.25) is 0 Å². The van der Waals surface area contributed by atoms with E-state index in [1.807, 2.05) is 32.9 Å². The van der Waals surface area contributed by atoms with Crippen molar-refractivity contribution < 1.29 is 9.18 Å². The molecule has 0 aliphatic heterocycles. The van der Waals surface area contributed by atoms with Crippen LogP contribution in [0, 0.1) is 26.6 Å². The summed E-state index contributed by atoms with van der Waals surface area (Å²) >= 11 is 3.10. The van der Waals surface area contributed by atoms with Gasteiger partial charge in [-0.15, -0.1) is 0 Å². The lowest BCUT2D eigenvalue weighted by Crippen LogP contribution is -2.15. The summed E-state index contributed by atoms with van der Waals surface area (Å²) in [6.07, 6.45) is 0. The summed E-state index contributed by atoms with van der Waals surface area (Å²) in [6.45, 7) is 5.82. The molecule has 0 fully saturated rings. The number of nitrogens with one attached hydrogen (secondary N) is 1. The lowest BCUT2D eigenvalue weighted by molar-refractivity contribution is 0.102. The number of carbonyl (C=O) groups is 1. The van der Waals surface area contributed by atoms with Gasteiger partial charge in [-0.1, -0.05) is 17.7 Å². The average Bonchev–Trinajstić information content (AvgIpc) is 2.32. The molecule has 0 atom stereocenters. The van der Waals surface area contributed by atoms with Crippen LogP contribution < -0.4 is 5.32 Å². The van der Waals surface area contributed by atoms with Crippen molar-refractivity contribution in [1.82, 2.24) is 0 Å². The van der Waals surface area contributed by atoms with E-state index in [4.69, 9.17) is 0 Å². The van der Waals surface area contributed by atoms with E-state index in [9.17, 15) is 9.18 Å². The Morgan fingerprint density at radius 1 is 1.10 bits per heavy atom. The average molecular weight is 336 g/mol. The number of anilines is 1. The summed E-state index contributed by atoms with van der Waals surface area (Å²) in [5.41, 5.74) is 4.21. The van der Waals surface area contributed by atoms with Gasteiger partial charge in [0.25, 0.3) is 5.91 Å². The highest BCUT2D eigenvalue weighted by molar-refractivity contribution is 9.10. The number of amides is 1. The Kier molecular flexibility index (Phi) is 4.23. The summed E-state index contributed by atoms with van der Waals surface area (Å²) in [6, 6.07) is 8.35. The molecule has 104 valence electrons. The molecule has 2 rings (SSSR count). The highest BCUT2D eigenvalue weighted by Crippen LogP contribution is 2.22. The minimum atomic E-state index is -0.356. The maximum atomic E-state index is 13.2. The van der Waals surface area contributed by atoms with Crippen LogP contribution in [0.5, 0.6) is 0 Å². The molecule has 0 spiro atoms. The lowest BCUT2D eigenvalue weighted by Gasteiger charge is -2.12. The van der Waals surface area contributed by atoms with Crippen molar-refractivity contribution in [2.45, 2.75) is 20.8 Å². The number of halogens is 2. The fourth-order valence-corrected chi connectivity index (χ4v) is 2.68. The maximum absolute atomic E-state index is 13.2. The van der Waals surface area contributed by atoms with Crippen molar-refractivity contribution in [3.63, 3.8) is 0 Å². The molecule has 4 heteroatoms. The molecule has 20 heavy (non-hydrogen) atoms. The third kappa shape index (κ3) is 3.07. The number of carbonyl (C=O) groups excluding carboxylic acids is 1. The van der Waals surface area contributed by atoms with Gasteiger partial charge in [0.05, 0.1) is 4.47 Å². The Morgan fingerprint density at radius 3 is 2.25 bits per heavy atom. The van der Waals surface area contributed by atoms with E-state index in [1.165, 1.54) is 12.1 Å². The molecule has 0 heterocycles. The van der Waals surface area contributed by atoms with E-state index in [2.05, 4.69) is 21.2 Å². The highest BCUT2D eigenvalue weighted by Gasteiger charge is 2.13. The van der Waals surface area contributed by atoms with Crippen LogP contribution in [-0.2, 0) is 0 Å². The Balaban J connectivity index is 2.31. The SMILES string of the molecule is Cc1cc(C)c(C(=O)Nc2ccc(F)c(Br)c2)c(C)c1. The van der Waals surface area contributed by atoms with Gasteiger partial charge in [-0.05, 0) is 66.0 Å². The van der Waals surface area contributed by atoms with E-state index in [0.29, 0.717) is 15.7 Å². The summed E-state index contributed by atoms with van der Waals surface area (Å²) < 4.78 is 13.5. The minimum Gasteiger partial charge on any atom is -0.322 e. The number of rotatable bonds is 2. The monoisotopic (exact) mass is 335 g/mol. The van der Waals surface area contributed by atoms with Crippen molar-refractivity contribution in [3.8, 4) is 0 Å². The van der Waals surface area contributed by atoms with Crippen molar-refractivity contribution in [2.24, 2.45) is 0 Å². The second-order valence-electron chi connectivity index (χ2n) is 4.86. The van der Waals surface area contributed by atoms with Gasteiger partial charge >= 0.3 is 0 Å². The molecule has 1 amide bonds. The van der Waals surface area contributed by atoms with Crippen molar-refractivity contribution in [1.29, 1.82) is 0 Å². The van der Waals surface area contributed by atoms with Crippen molar-refractivity contribution >= 4 is 27.5 Å². The summed E-state index contributed by atoms with van der Waals surface area (Å²) in [5, 5.41) is 2.79. The molecular formula is C16H15BrFNO. The molecule has 0 saturated carbocycles. The zero-order valence-electron chi connectivity index (χ0n) is 11.6. The standard InChI is InChI=1S/C16H15BrFNO/c1-9-6-10(2)15(11(3)7-9)16(20)19-12-4-5-14(18)13(17)8-12/h4-8H,1-3H3,(H,19,20). The minimum absolute atomic E-state index is 0.182. The first kappa shape index (κ1) is 14.7. The smallest absolute Gasteiger partial charge is 0.256 e. The van der Waals surface area contributed by atoms with E-state index in [-0.39, 0.29) is 11.7 Å². The Bertz CT molecular complexity index is 659. The van der Waals surface area contributed by atoms with E-state index >= 15 is 0 Å². The molecule has 0 saturated heterocycles. The van der Waals surface area contributed by atoms with Crippen molar-refractivity contribution in [2.75, 3.05) is 5.32 Å².